The van der Waals surface area contributed by atoms with Crippen LogP contribution in [-0.4, -0.2) is 29.9 Å². The number of nitrogens with zero attached hydrogens (tertiary/aromatic N) is 6. The van der Waals surface area contributed by atoms with Crippen LogP contribution in [0.4, 0.5) is 5.82 Å². The zero-order chi connectivity index (χ0) is 20.1. The number of pyridine rings is 1. The van der Waals surface area contributed by atoms with Crippen molar-refractivity contribution in [1.29, 1.82) is 0 Å². The highest BCUT2D eigenvalue weighted by molar-refractivity contribution is 5.54. The Kier molecular flexibility index (Phi) is 5.60. The van der Waals surface area contributed by atoms with Gasteiger partial charge >= 0.3 is 0 Å². The largest absolute Gasteiger partial charge is 0.360 e. The molecular weight excluding hydrogens is 366 g/mol. The van der Waals surface area contributed by atoms with Crippen molar-refractivity contribution < 1.29 is 4.52 Å². The van der Waals surface area contributed by atoms with Crippen molar-refractivity contribution >= 4 is 5.82 Å². The van der Waals surface area contributed by atoms with Crippen molar-refractivity contribution in [2.45, 2.75) is 32.2 Å². The molecule has 1 atom stereocenters. The van der Waals surface area contributed by atoms with E-state index in [1.165, 1.54) is 5.56 Å². The molecule has 4 aromatic rings. The Hall–Kier alpha value is -3.55. The molecule has 4 rings (SSSR count). The van der Waals surface area contributed by atoms with Gasteiger partial charge in [-0.15, -0.1) is 10.2 Å². The number of anilines is 1. The highest BCUT2D eigenvalue weighted by Crippen LogP contribution is 2.20. The van der Waals surface area contributed by atoms with Crippen LogP contribution in [-0.2, 0) is 19.9 Å². The molecule has 0 spiro atoms. The van der Waals surface area contributed by atoms with Gasteiger partial charge in [0.1, 0.15) is 12.1 Å². The van der Waals surface area contributed by atoms with Crippen LogP contribution in [0.25, 0.3) is 11.5 Å². The second kappa shape index (κ2) is 8.64. The van der Waals surface area contributed by atoms with E-state index in [-0.39, 0.29) is 6.04 Å². The van der Waals surface area contributed by atoms with Crippen molar-refractivity contribution in [3.63, 3.8) is 0 Å². The number of hydrogen-bond acceptors (Lipinski definition) is 7. The fraction of sp³-hybridized carbons (Fsp3) is 0.286. The van der Waals surface area contributed by atoms with Gasteiger partial charge in [0, 0.05) is 19.7 Å². The number of benzene rings is 1. The first kappa shape index (κ1) is 18.8. The highest BCUT2D eigenvalue weighted by atomic mass is 16.5. The molecule has 1 N–H and O–H groups in total. The van der Waals surface area contributed by atoms with Gasteiger partial charge in [0.05, 0.1) is 11.6 Å². The summed E-state index contributed by atoms with van der Waals surface area (Å²) in [7, 11) is 1.91. The van der Waals surface area contributed by atoms with E-state index in [1.54, 1.807) is 12.5 Å². The molecular formula is C21H23N7O. The SMILES string of the molecule is CC(Nc1ccc(-c2nc(CCCc3ccccc3)no2)cn1)c1nncn1C. The number of hydrogen-bond donors (Lipinski definition) is 1. The second-order valence-corrected chi connectivity index (χ2v) is 6.95. The lowest BCUT2D eigenvalue weighted by Gasteiger charge is -2.13. The Labute approximate surface area is 169 Å². The summed E-state index contributed by atoms with van der Waals surface area (Å²) >= 11 is 0. The third kappa shape index (κ3) is 4.66. The average molecular weight is 389 g/mol. The minimum absolute atomic E-state index is 0.0135. The van der Waals surface area contributed by atoms with Gasteiger partial charge in [-0.3, -0.25) is 0 Å². The number of aryl methyl sites for hydroxylation is 3. The monoisotopic (exact) mass is 389 g/mol. The molecule has 1 aromatic carbocycles. The predicted molar refractivity (Wildman–Crippen MR) is 109 cm³/mol. The first-order chi connectivity index (χ1) is 14.2. The van der Waals surface area contributed by atoms with Crippen LogP contribution >= 0.6 is 0 Å². The van der Waals surface area contributed by atoms with Crippen LogP contribution in [0.1, 0.15) is 36.6 Å². The smallest absolute Gasteiger partial charge is 0.259 e. The lowest BCUT2D eigenvalue weighted by atomic mass is 10.1. The summed E-state index contributed by atoms with van der Waals surface area (Å²) in [5, 5.41) is 15.4. The molecule has 0 fully saturated rings. The summed E-state index contributed by atoms with van der Waals surface area (Å²) in [5.41, 5.74) is 2.11. The third-order valence-electron chi connectivity index (χ3n) is 4.69. The van der Waals surface area contributed by atoms with Gasteiger partial charge in [-0.2, -0.15) is 4.98 Å². The topological polar surface area (TPSA) is 94.6 Å². The lowest BCUT2D eigenvalue weighted by molar-refractivity contribution is 0.421. The lowest BCUT2D eigenvalue weighted by Crippen LogP contribution is -2.12. The van der Waals surface area contributed by atoms with Crippen LogP contribution in [0.2, 0.25) is 0 Å². The van der Waals surface area contributed by atoms with Gasteiger partial charge in [-0.25, -0.2) is 4.98 Å². The van der Waals surface area contributed by atoms with Crippen LogP contribution in [0, 0.1) is 0 Å². The molecule has 0 saturated heterocycles. The molecule has 8 nitrogen and oxygen atoms in total. The summed E-state index contributed by atoms with van der Waals surface area (Å²) in [6, 6.07) is 14.2. The van der Waals surface area contributed by atoms with E-state index in [0.29, 0.717) is 11.7 Å². The highest BCUT2D eigenvalue weighted by Gasteiger charge is 2.13. The minimum Gasteiger partial charge on any atom is -0.360 e. The number of aromatic nitrogens is 6. The molecule has 0 radical (unpaired) electrons. The molecule has 29 heavy (non-hydrogen) atoms. The molecule has 3 aromatic heterocycles. The third-order valence-corrected chi connectivity index (χ3v) is 4.69. The van der Waals surface area contributed by atoms with E-state index < -0.39 is 0 Å². The molecule has 1 unspecified atom stereocenters. The second-order valence-electron chi connectivity index (χ2n) is 6.95. The number of nitrogens with one attached hydrogen (secondary N) is 1. The number of rotatable bonds is 8. The van der Waals surface area contributed by atoms with Crippen molar-refractivity contribution in [3.8, 4) is 11.5 Å². The molecule has 3 heterocycles. The molecule has 0 aliphatic heterocycles. The van der Waals surface area contributed by atoms with E-state index >= 15 is 0 Å². The molecule has 0 aliphatic rings. The van der Waals surface area contributed by atoms with Gasteiger partial charge in [-0.1, -0.05) is 35.5 Å². The fourth-order valence-electron chi connectivity index (χ4n) is 3.14. The average Bonchev–Trinajstić information content (AvgIpc) is 3.38. The Morgan fingerprint density at radius 3 is 2.69 bits per heavy atom. The Morgan fingerprint density at radius 1 is 1.10 bits per heavy atom. The van der Waals surface area contributed by atoms with Gasteiger partial charge in [-0.05, 0) is 37.5 Å². The minimum atomic E-state index is -0.0135. The van der Waals surface area contributed by atoms with Gasteiger partial charge in [0.2, 0.25) is 0 Å². The summed E-state index contributed by atoms with van der Waals surface area (Å²) in [5.74, 6) is 2.79. The van der Waals surface area contributed by atoms with Crippen LogP contribution in [0.5, 0.6) is 0 Å². The first-order valence-electron chi connectivity index (χ1n) is 9.62. The van der Waals surface area contributed by atoms with E-state index in [4.69, 9.17) is 4.52 Å². The Bertz CT molecular complexity index is 1040. The zero-order valence-electron chi connectivity index (χ0n) is 16.5. The van der Waals surface area contributed by atoms with E-state index in [2.05, 4.69) is 54.9 Å². The fourth-order valence-corrected chi connectivity index (χ4v) is 3.14. The van der Waals surface area contributed by atoms with E-state index in [9.17, 15) is 0 Å². The maximum Gasteiger partial charge on any atom is 0.259 e. The summed E-state index contributed by atoms with van der Waals surface area (Å²) in [6.07, 6.45) is 6.16. The van der Waals surface area contributed by atoms with Crippen molar-refractivity contribution in [2.75, 3.05) is 5.32 Å². The van der Waals surface area contributed by atoms with Crippen molar-refractivity contribution in [2.24, 2.45) is 7.05 Å². The van der Waals surface area contributed by atoms with Crippen LogP contribution < -0.4 is 5.32 Å². The zero-order valence-corrected chi connectivity index (χ0v) is 16.5. The normalized spacial score (nSPS) is 12.1. The van der Waals surface area contributed by atoms with E-state index in [1.807, 2.05) is 36.7 Å². The molecule has 0 aliphatic carbocycles. The first-order valence-corrected chi connectivity index (χ1v) is 9.62. The maximum atomic E-state index is 5.41. The van der Waals surface area contributed by atoms with Crippen molar-refractivity contribution in [3.05, 3.63) is 72.2 Å². The quantitative estimate of drug-likeness (QED) is 0.492. The van der Waals surface area contributed by atoms with Gasteiger partial charge in [0.15, 0.2) is 11.6 Å². The van der Waals surface area contributed by atoms with E-state index in [0.717, 1.165) is 36.5 Å². The Balaban J connectivity index is 1.34. The molecule has 148 valence electrons. The van der Waals surface area contributed by atoms with Crippen LogP contribution in [0.15, 0.2) is 59.5 Å². The summed E-state index contributed by atoms with van der Waals surface area (Å²) in [4.78, 5) is 8.94. The van der Waals surface area contributed by atoms with Crippen LogP contribution in [0.3, 0.4) is 0 Å². The molecule has 0 saturated carbocycles. The molecule has 0 bridgehead atoms. The Morgan fingerprint density at radius 2 is 1.97 bits per heavy atom. The van der Waals surface area contributed by atoms with Gasteiger partial charge in [0.25, 0.3) is 5.89 Å². The molecule has 0 amide bonds. The van der Waals surface area contributed by atoms with Gasteiger partial charge < -0.3 is 14.4 Å². The summed E-state index contributed by atoms with van der Waals surface area (Å²) in [6.45, 7) is 2.01. The van der Waals surface area contributed by atoms with Crippen molar-refractivity contribution in [1.82, 2.24) is 29.9 Å². The standard InChI is InChI=1S/C21H23N7O/c1-15(20-26-23-14-28(20)2)24-18-12-11-17(13-22-18)21-25-19(27-29-21)10-6-9-16-7-4-3-5-8-16/h3-5,7-8,11-15H,6,9-10H2,1-2H3,(H,22,24). The molecule has 8 heteroatoms. The predicted octanol–water partition coefficient (Wildman–Crippen LogP) is 3.61. The summed E-state index contributed by atoms with van der Waals surface area (Å²) < 4.78 is 7.28. The maximum absolute atomic E-state index is 5.41.